The van der Waals surface area contributed by atoms with Crippen LogP contribution in [0, 0.1) is 5.41 Å². The normalized spacial score (nSPS) is 13.7. The molecule has 1 unspecified atom stereocenters. The summed E-state index contributed by atoms with van der Waals surface area (Å²) in [4.78, 5) is 0. The van der Waals surface area contributed by atoms with Gasteiger partial charge in [-0.2, -0.15) is 0 Å². The Morgan fingerprint density at radius 3 is 1.22 bits per heavy atom. The highest BCUT2D eigenvalue weighted by Crippen LogP contribution is 2.15. The van der Waals surface area contributed by atoms with Crippen molar-refractivity contribution < 1.29 is 0 Å². The van der Waals surface area contributed by atoms with Crippen LogP contribution in [0.3, 0.4) is 0 Å². The van der Waals surface area contributed by atoms with Gasteiger partial charge in [0.15, 0.2) is 0 Å². The SMILES string of the molecule is CC.CC(N)C(C)(C)C. The monoisotopic (exact) mass is 131 g/mol. The van der Waals surface area contributed by atoms with E-state index in [-0.39, 0.29) is 5.41 Å². The molecule has 1 heteroatoms. The fourth-order valence-corrected chi connectivity index (χ4v) is 0. The molecule has 1 nitrogen and oxygen atoms in total. The van der Waals surface area contributed by atoms with E-state index in [1.807, 2.05) is 20.8 Å². The molecule has 0 aromatic carbocycles. The predicted molar refractivity (Wildman–Crippen MR) is 44.5 cm³/mol. The minimum Gasteiger partial charge on any atom is -0.327 e. The minimum absolute atomic E-state index is 0.278. The van der Waals surface area contributed by atoms with Gasteiger partial charge in [0, 0.05) is 6.04 Å². The predicted octanol–water partition coefficient (Wildman–Crippen LogP) is 2.41. The zero-order valence-electron chi connectivity index (χ0n) is 7.65. The summed E-state index contributed by atoms with van der Waals surface area (Å²) in [6.07, 6.45) is 0. The molecule has 0 rings (SSSR count). The topological polar surface area (TPSA) is 26.0 Å². The number of nitrogens with two attached hydrogens (primary N) is 1. The van der Waals surface area contributed by atoms with Crippen LogP contribution >= 0.6 is 0 Å². The van der Waals surface area contributed by atoms with E-state index in [0.29, 0.717) is 6.04 Å². The van der Waals surface area contributed by atoms with Crippen LogP contribution in [0.4, 0.5) is 0 Å². The summed E-state index contributed by atoms with van der Waals surface area (Å²) in [5.41, 5.74) is 5.85. The maximum atomic E-state index is 5.57. The maximum absolute atomic E-state index is 5.57. The van der Waals surface area contributed by atoms with Gasteiger partial charge < -0.3 is 5.73 Å². The van der Waals surface area contributed by atoms with Gasteiger partial charge in [0.1, 0.15) is 0 Å². The molecule has 0 radical (unpaired) electrons. The van der Waals surface area contributed by atoms with E-state index in [4.69, 9.17) is 5.73 Å². The van der Waals surface area contributed by atoms with E-state index in [1.54, 1.807) is 0 Å². The van der Waals surface area contributed by atoms with Gasteiger partial charge in [-0.3, -0.25) is 0 Å². The molecule has 0 saturated heterocycles. The molecule has 58 valence electrons. The molecule has 1 atom stereocenters. The molecule has 0 aromatic heterocycles. The third kappa shape index (κ3) is 7.96. The van der Waals surface area contributed by atoms with Gasteiger partial charge in [-0.15, -0.1) is 0 Å². The zero-order chi connectivity index (χ0) is 8.08. The quantitative estimate of drug-likeness (QED) is 0.537. The molecule has 0 fully saturated rings. The van der Waals surface area contributed by atoms with Gasteiger partial charge >= 0.3 is 0 Å². The molecule has 0 aromatic rings. The van der Waals surface area contributed by atoms with Crippen molar-refractivity contribution in [3.05, 3.63) is 0 Å². The van der Waals surface area contributed by atoms with Crippen LogP contribution in [0.1, 0.15) is 41.5 Å². The fraction of sp³-hybridized carbons (Fsp3) is 1.00. The van der Waals surface area contributed by atoms with Crippen molar-refractivity contribution in [2.24, 2.45) is 11.1 Å². The Labute approximate surface area is 59.6 Å². The molecule has 0 aliphatic carbocycles. The van der Waals surface area contributed by atoms with Crippen LogP contribution in [0.2, 0.25) is 0 Å². The van der Waals surface area contributed by atoms with E-state index in [2.05, 4.69) is 20.8 Å². The Morgan fingerprint density at radius 1 is 1.11 bits per heavy atom. The van der Waals surface area contributed by atoms with Crippen molar-refractivity contribution in [3.8, 4) is 0 Å². The maximum Gasteiger partial charge on any atom is 0.00591 e. The van der Waals surface area contributed by atoms with Gasteiger partial charge in [-0.05, 0) is 12.3 Å². The summed E-state index contributed by atoms with van der Waals surface area (Å²) in [6, 6.07) is 0.299. The van der Waals surface area contributed by atoms with Gasteiger partial charge in [-0.25, -0.2) is 0 Å². The third-order valence-corrected chi connectivity index (χ3v) is 1.37. The van der Waals surface area contributed by atoms with Gasteiger partial charge in [-0.1, -0.05) is 34.6 Å². The fourth-order valence-electron chi connectivity index (χ4n) is 0. The molecule has 0 amide bonds. The lowest BCUT2D eigenvalue weighted by atomic mass is 9.89. The summed E-state index contributed by atoms with van der Waals surface area (Å²) in [5.74, 6) is 0. The Bertz CT molecular complexity index is 50.1. The molecule has 2 N–H and O–H groups in total. The van der Waals surface area contributed by atoms with Crippen molar-refractivity contribution in [2.75, 3.05) is 0 Å². The molecular formula is C8H21N. The molecule has 0 aliphatic rings. The molecule has 0 saturated carbocycles. The van der Waals surface area contributed by atoms with Crippen LogP contribution < -0.4 is 5.73 Å². The van der Waals surface area contributed by atoms with Crippen molar-refractivity contribution in [1.29, 1.82) is 0 Å². The highest BCUT2D eigenvalue weighted by atomic mass is 14.6. The average Bonchev–Trinajstić information content (AvgIpc) is 1.69. The second-order valence-corrected chi connectivity index (χ2v) is 3.15. The van der Waals surface area contributed by atoms with E-state index < -0.39 is 0 Å². The second kappa shape index (κ2) is 4.80. The summed E-state index contributed by atoms with van der Waals surface area (Å²) < 4.78 is 0. The summed E-state index contributed by atoms with van der Waals surface area (Å²) in [7, 11) is 0. The standard InChI is InChI=1S/C6H15N.C2H6/c1-5(7)6(2,3)4;1-2/h5H,7H2,1-4H3;1-2H3. The van der Waals surface area contributed by atoms with Crippen LogP contribution in [-0.2, 0) is 0 Å². The zero-order valence-corrected chi connectivity index (χ0v) is 7.65. The van der Waals surface area contributed by atoms with Gasteiger partial charge in [0.2, 0.25) is 0 Å². The molecular weight excluding hydrogens is 110 g/mol. The summed E-state index contributed by atoms with van der Waals surface area (Å²) in [5, 5.41) is 0. The molecule has 0 heterocycles. The van der Waals surface area contributed by atoms with Crippen LogP contribution in [0.15, 0.2) is 0 Å². The Balaban J connectivity index is 0. The summed E-state index contributed by atoms with van der Waals surface area (Å²) in [6.45, 7) is 12.4. The van der Waals surface area contributed by atoms with Gasteiger partial charge in [0.05, 0.1) is 0 Å². The molecule has 0 spiro atoms. The number of hydrogen-bond acceptors (Lipinski definition) is 1. The molecule has 0 aliphatic heterocycles. The van der Waals surface area contributed by atoms with Crippen LogP contribution in [-0.4, -0.2) is 6.04 Å². The van der Waals surface area contributed by atoms with E-state index in [1.165, 1.54) is 0 Å². The minimum atomic E-state index is 0.278. The molecule has 9 heavy (non-hydrogen) atoms. The largest absolute Gasteiger partial charge is 0.327 e. The summed E-state index contributed by atoms with van der Waals surface area (Å²) >= 11 is 0. The van der Waals surface area contributed by atoms with Crippen LogP contribution in [0.25, 0.3) is 0 Å². The lowest BCUT2D eigenvalue weighted by Gasteiger charge is -2.22. The van der Waals surface area contributed by atoms with Gasteiger partial charge in [0.25, 0.3) is 0 Å². The third-order valence-electron chi connectivity index (χ3n) is 1.37. The smallest absolute Gasteiger partial charge is 0.00591 e. The van der Waals surface area contributed by atoms with Crippen LogP contribution in [0.5, 0.6) is 0 Å². The Kier molecular flexibility index (Phi) is 6.25. The van der Waals surface area contributed by atoms with Crippen molar-refractivity contribution in [1.82, 2.24) is 0 Å². The van der Waals surface area contributed by atoms with E-state index >= 15 is 0 Å². The average molecular weight is 131 g/mol. The van der Waals surface area contributed by atoms with Crippen molar-refractivity contribution >= 4 is 0 Å². The lowest BCUT2D eigenvalue weighted by Crippen LogP contribution is -2.31. The Morgan fingerprint density at radius 2 is 1.22 bits per heavy atom. The first-order valence-electron chi connectivity index (χ1n) is 3.70. The number of rotatable bonds is 0. The molecule has 0 bridgehead atoms. The van der Waals surface area contributed by atoms with Crippen molar-refractivity contribution in [2.45, 2.75) is 47.6 Å². The van der Waals surface area contributed by atoms with E-state index in [9.17, 15) is 0 Å². The first-order chi connectivity index (χ1) is 3.94. The highest BCUT2D eigenvalue weighted by molar-refractivity contribution is 4.70. The first kappa shape index (κ1) is 11.7. The van der Waals surface area contributed by atoms with Crippen molar-refractivity contribution in [3.63, 3.8) is 0 Å². The second-order valence-electron chi connectivity index (χ2n) is 3.15. The number of hydrogen-bond donors (Lipinski definition) is 1. The van der Waals surface area contributed by atoms with E-state index in [0.717, 1.165) is 0 Å². The first-order valence-corrected chi connectivity index (χ1v) is 3.70. The Hall–Kier alpha value is -0.0400. The lowest BCUT2D eigenvalue weighted by molar-refractivity contribution is 0.340. The highest BCUT2D eigenvalue weighted by Gasteiger charge is 2.14.